The highest BCUT2D eigenvalue weighted by molar-refractivity contribution is 6.35. The van der Waals surface area contributed by atoms with E-state index in [1.54, 1.807) is 6.07 Å². The SMILES string of the molecule is O=C1C2C3CCC(O3)C2C(=O)N1c1cc(Oc2ccc(Cl)cc2Cl)cc([N+](=O)[O-])c1. The van der Waals surface area contributed by atoms with Crippen LogP contribution >= 0.6 is 23.2 Å². The molecule has 0 saturated carbocycles. The number of hydrogen-bond acceptors (Lipinski definition) is 6. The summed E-state index contributed by atoms with van der Waals surface area (Å²) in [4.78, 5) is 37.9. The van der Waals surface area contributed by atoms with E-state index in [1.807, 2.05) is 0 Å². The number of nitro groups is 1. The molecule has 10 heteroatoms. The summed E-state index contributed by atoms with van der Waals surface area (Å²) in [5.41, 5.74) is -0.224. The molecule has 2 bridgehead atoms. The lowest BCUT2D eigenvalue weighted by Gasteiger charge is -2.18. The minimum Gasteiger partial charge on any atom is -0.455 e. The molecule has 3 aliphatic heterocycles. The summed E-state index contributed by atoms with van der Waals surface area (Å²) < 4.78 is 11.4. The highest BCUT2D eigenvalue weighted by atomic mass is 35.5. The number of fused-ring (bicyclic) bond motifs is 5. The van der Waals surface area contributed by atoms with Crippen LogP contribution in [-0.4, -0.2) is 28.9 Å². The van der Waals surface area contributed by atoms with E-state index in [9.17, 15) is 19.7 Å². The van der Waals surface area contributed by atoms with Crippen molar-refractivity contribution in [2.45, 2.75) is 25.0 Å². The van der Waals surface area contributed by atoms with Gasteiger partial charge in [0.05, 0.1) is 45.7 Å². The number of imide groups is 1. The van der Waals surface area contributed by atoms with E-state index in [0.29, 0.717) is 5.02 Å². The van der Waals surface area contributed by atoms with Gasteiger partial charge in [0.1, 0.15) is 11.5 Å². The second-order valence-electron chi connectivity index (χ2n) is 7.47. The van der Waals surface area contributed by atoms with Crippen LogP contribution in [0, 0.1) is 22.0 Å². The fraction of sp³-hybridized carbons (Fsp3) is 0.300. The normalized spacial score (nSPS) is 26.9. The lowest BCUT2D eigenvalue weighted by Crippen LogP contribution is -2.34. The van der Waals surface area contributed by atoms with Gasteiger partial charge in [-0.1, -0.05) is 23.2 Å². The van der Waals surface area contributed by atoms with Gasteiger partial charge in [-0.25, -0.2) is 4.90 Å². The minimum atomic E-state index is -0.613. The molecular formula is C20H14Cl2N2O6. The number of nitrogens with zero attached hydrogens (tertiary/aromatic N) is 2. The molecule has 3 heterocycles. The molecule has 0 radical (unpaired) electrons. The fourth-order valence-electron chi connectivity index (χ4n) is 4.51. The molecule has 0 aliphatic carbocycles. The summed E-state index contributed by atoms with van der Waals surface area (Å²) in [6, 6.07) is 8.36. The number of non-ortho nitro benzene ring substituents is 1. The van der Waals surface area contributed by atoms with E-state index in [4.69, 9.17) is 32.7 Å². The first kappa shape index (κ1) is 19.3. The second kappa shape index (κ2) is 6.94. The van der Waals surface area contributed by atoms with Crippen molar-refractivity contribution in [1.29, 1.82) is 0 Å². The van der Waals surface area contributed by atoms with Gasteiger partial charge in [0, 0.05) is 17.2 Å². The Bertz CT molecular complexity index is 1080. The Kier molecular flexibility index (Phi) is 4.46. The van der Waals surface area contributed by atoms with Crippen LogP contribution in [0.25, 0.3) is 0 Å². The molecule has 8 nitrogen and oxygen atoms in total. The van der Waals surface area contributed by atoms with Gasteiger partial charge in [-0.2, -0.15) is 0 Å². The number of amides is 2. The molecule has 3 saturated heterocycles. The molecule has 154 valence electrons. The summed E-state index contributed by atoms with van der Waals surface area (Å²) in [6.07, 6.45) is 0.918. The van der Waals surface area contributed by atoms with Crippen LogP contribution < -0.4 is 9.64 Å². The molecule has 2 aromatic carbocycles. The van der Waals surface area contributed by atoms with Crippen LogP contribution in [0.4, 0.5) is 11.4 Å². The van der Waals surface area contributed by atoms with Gasteiger partial charge in [0.15, 0.2) is 0 Å². The van der Waals surface area contributed by atoms with Crippen molar-refractivity contribution in [1.82, 2.24) is 0 Å². The molecular weight excluding hydrogens is 435 g/mol. The van der Waals surface area contributed by atoms with E-state index >= 15 is 0 Å². The Morgan fingerprint density at radius 2 is 1.70 bits per heavy atom. The van der Waals surface area contributed by atoms with Gasteiger partial charge in [-0.15, -0.1) is 0 Å². The van der Waals surface area contributed by atoms with Crippen molar-refractivity contribution in [2.75, 3.05) is 4.90 Å². The van der Waals surface area contributed by atoms with Crippen molar-refractivity contribution < 1.29 is 24.0 Å². The third-order valence-electron chi connectivity index (χ3n) is 5.75. The standard InChI is InChI=1S/C20H14Cl2N2O6/c21-9-1-2-14(13(22)5-9)29-12-7-10(6-11(8-12)24(27)28)23-19(25)17-15-3-4-16(30-15)18(17)20(23)26/h1-2,5-8,15-18H,3-4H2. The molecule has 5 rings (SSSR count). The first-order valence-electron chi connectivity index (χ1n) is 9.29. The van der Waals surface area contributed by atoms with Crippen molar-refractivity contribution in [3.8, 4) is 11.5 Å². The third kappa shape index (κ3) is 2.94. The summed E-state index contributed by atoms with van der Waals surface area (Å²) >= 11 is 12.0. The van der Waals surface area contributed by atoms with E-state index in [0.717, 1.165) is 17.7 Å². The van der Waals surface area contributed by atoms with Crippen molar-refractivity contribution in [2.24, 2.45) is 11.8 Å². The highest BCUT2D eigenvalue weighted by Crippen LogP contribution is 2.50. The highest BCUT2D eigenvalue weighted by Gasteiger charge is 2.62. The van der Waals surface area contributed by atoms with Gasteiger partial charge in [-0.05, 0) is 31.0 Å². The number of rotatable bonds is 4. The number of hydrogen-bond donors (Lipinski definition) is 0. The molecule has 30 heavy (non-hydrogen) atoms. The van der Waals surface area contributed by atoms with Crippen LogP contribution in [0.3, 0.4) is 0 Å². The van der Waals surface area contributed by atoms with Gasteiger partial charge < -0.3 is 9.47 Å². The smallest absolute Gasteiger partial charge is 0.275 e. The third-order valence-corrected chi connectivity index (χ3v) is 6.28. The zero-order valence-electron chi connectivity index (χ0n) is 15.3. The largest absolute Gasteiger partial charge is 0.455 e. The van der Waals surface area contributed by atoms with Gasteiger partial charge in [0.2, 0.25) is 11.8 Å². The average Bonchev–Trinajstić information content (AvgIpc) is 3.37. The maximum absolute atomic E-state index is 13.0. The van der Waals surface area contributed by atoms with Gasteiger partial charge in [-0.3, -0.25) is 19.7 Å². The van der Waals surface area contributed by atoms with Crippen molar-refractivity contribution >= 4 is 46.4 Å². The number of benzene rings is 2. The Morgan fingerprint density at radius 3 is 2.30 bits per heavy atom. The number of carbonyl (C=O) groups excluding carboxylic acids is 2. The Hall–Kier alpha value is -2.68. The Labute approximate surface area is 180 Å². The zero-order chi connectivity index (χ0) is 21.2. The molecule has 0 spiro atoms. The predicted molar refractivity (Wildman–Crippen MR) is 107 cm³/mol. The van der Waals surface area contributed by atoms with E-state index in [2.05, 4.69) is 0 Å². The molecule has 0 aromatic heterocycles. The van der Waals surface area contributed by atoms with Gasteiger partial charge >= 0.3 is 0 Å². The molecule has 2 aromatic rings. The van der Waals surface area contributed by atoms with Crippen LogP contribution in [0.1, 0.15) is 12.8 Å². The monoisotopic (exact) mass is 448 g/mol. The second-order valence-corrected chi connectivity index (χ2v) is 8.32. The minimum absolute atomic E-state index is 0.0697. The predicted octanol–water partition coefficient (Wildman–Crippen LogP) is 4.36. The van der Waals surface area contributed by atoms with E-state index in [-0.39, 0.29) is 40.1 Å². The number of anilines is 1. The van der Waals surface area contributed by atoms with Gasteiger partial charge in [0.25, 0.3) is 5.69 Å². The average molecular weight is 449 g/mol. The fourth-order valence-corrected chi connectivity index (χ4v) is 4.96. The summed E-state index contributed by atoms with van der Waals surface area (Å²) in [5, 5.41) is 12.1. The molecule has 3 fully saturated rings. The number of ether oxygens (including phenoxy) is 2. The number of carbonyl (C=O) groups is 2. The first-order chi connectivity index (χ1) is 14.3. The summed E-state index contributed by atoms with van der Waals surface area (Å²) in [7, 11) is 0. The molecule has 4 atom stereocenters. The van der Waals surface area contributed by atoms with Crippen LogP contribution in [0.2, 0.25) is 10.0 Å². The number of nitro benzene ring substituents is 1. The van der Waals surface area contributed by atoms with Crippen LogP contribution in [0.5, 0.6) is 11.5 Å². The Balaban J connectivity index is 1.53. The van der Waals surface area contributed by atoms with Crippen LogP contribution in [-0.2, 0) is 14.3 Å². The molecule has 4 unspecified atom stereocenters. The zero-order valence-corrected chi connectivity index (χ0v) is 16.8. The van der Waals surface area contributed by atoms with E-state index in [1.165, 1.54) is 30.3 Å². The number of halogens is 2. The van der Waals surface area contributed by atoms with Crippen LogP contribution in [0.15, 0.2) is 36.4 Å². The molecule has 2 amide bonds. The van der Waals surface area contributed by atoms with Crippen molar-refractivity contribution in [3.63, 3.8) is 0 Å². The first-order valence-corrected chi connectivity index (χ1v) is 10.0. The lowest BCUT2D eigenvalue weighted by atomic mass is 9.81. The topological polar surface area (TPSA) is 99.0 Å². The lowest BCUT2D eigenvalue weighted by molar-refractivity contribution is -0.384. The summed E-state index contributed by atoms with van der Waals surface area (Å²) in [5.74, 6) is -1.56. The van der Waals surface area contributed by atoms with E-state index < -0.39 is 28.6 Å². The Morgan fingerprint density at radius 1 is 1.03 bits per heavy atom. The maximum atomic E-state index is 13.0. The molecule has 0 N–H and O–H groups in total. The van der Waals surface area contributed by atoms with Crippen molar-refractivity contribution in [3.05, 3.63) is 56.6 Å². The quantitative estimate of drug-likeness (QED) is 0.391. The maximum Gasteiger partial charge on any atom is 0.275 e. The summed E-state index contributed by atoms with van der Waals surface area (Å²) in [6.45, 7) is 0. The molecule has 3 aliphatic rings.